The number of hydrogen-bond donors (Lipinski definition) is 1. The molecule has 0 saturated carbocycles. The molecule has 0 aliphatic heterocycles. The average molecular weight is 318 g/mol. The summed E-state index contributed by atoms with van der Waals surface area (Å²) in [5.41, 5.74) is 3.08. The summed E-state index contributed by atoms with van der Waals surface area (Å²) in [6.45, 7) is 2.02. The molecule has 0 radical (unpaired) electrons. The maximum atomic E-state index is 12.1. The molecule has 24 heavy (non-hydrogen) atoms. The maximum Gasteiger partial charge on any atom is 0.220 e. The Morgan fingerprint density at radius 2 is 1.75 bits per heavy atom. The smallest absolute Gasteiger partial charge is 0.220 e. The molecule has 1 heterocycles. The summed E-state index contributed by atoms with van der Waals surface area (Å²) in [4.78, 5) is 16.8. The van der Waals surface area contributed by atoms with Gasteiger partial charge in [-0.3, -0.25) is 9.78 Å². The molecule has 122 valence electrons. The van der Waals surface area contributed by atoms with Gasteiger partial charge in [-0.05, 0) is 24.1 Å². The highest BCUT2D eigenvalue weighted by atomic mass is 16.1. The van der Waals surface area contributed by atoms with Crippen molar-refractivity contribution in [3.63, 3.8) is 0 Å². The number of rotatable bonds is 6. The van der Waals surface area contributed by atoms with Crippen LogP contribution in [-0.2, 0) is 11.2 Å². The van der Waals surface area contributed by atoms with E-state index in [1.807, 2.05) is 49.4 Å². The molecule has 0 aliphatic rings. The standard InChI is InChI=1S/C21H22N2O/c1-2-8-21(24)23-20(16-9-4-3-5-10-16)15-18-14-13-17-11-6-7-12-19(17)22-18/h3-7,9-14,20H,2,8,15H2,1H3,(H,23,24)/t20-/m1/s1. The third-order valence-electron chi connectivity index (χ3n) is 4.08. The topological polar surface area (TPSA) is 42.0 Å². The molecule has 0 saturated heterocycles. The fraction of sp³-hybridized carbons (Fsp3) is 0.238. The number of para-hydroxylation sites is 1. The summed E-state index contributed by atoms with van der Waals surface area (Å²) in [6.07, 6.45) is 2.08. The van der Waals surface area contributed by atoms with E-state index in [2.05, 4.69) is 29.6 Å². The van der Waals surface area contributed by atoms with Crippen LogP contribution in [0.1, 0.15) is 37.1 Å². The van der Waals surface area contributed by atoms with E-state index in [4.69, 9.17) is 4.98 Å². The first-order valence-electron chi connectivity index (χ1n) is 8.45. The van der Waals surface area contributed by atoms with Gasteiger partial charge in [0.25, 0.3) is 0 Å². The Kier molecular flexibility index (Phi) is 5.22. The highest BCUT2D eigenvalue weighted by molar-refractivity contribution is 5.78. The monoisotopic (exact) mass is 318 g/mol. The van der Waals surface area contributed by atoms with Gasteiger partial charge >= 0.3 is 0 Å². The van der Waals surface area contributed by atoms with Crippen LogP contribution in [-0.4, -0.2) is 10.9 Å². The summed E-state index contributed by atoms with van der Waals surface area (Å²) >= 11 is 0. The molecule has 3 aromatic rings. The van der Waals surface area contributed by atoms with Gasteiger partial charge in [0, 0.05) is 23.9 Å². The van der Waals surface area contributed by atoms with Gasteiger partial charge in [0.1, 0.15) is 0 Å². The van der Waals surface area contributed by atoms with Crippen LogP contribution in [0.15, 0.2) is 66.7 Å². The summed E-state index contributed by atoms with van der Waals surface area (Å²) in [6, 6.07) is 22.3. The van der Waals surface area contributed by atoms with Crippen LogP contribution in [0.4, 0.5) is 0 Å². The third-order valence-corrected chi connectivity index (χ3v) is 4.08. The number of carbonyl (C=O) groups excluding carboxylic acids is 1. The van der Waals surface area contributed by atoms with E-state index in [1.54, 1.807) is 0 Å². The Hall–Kier alpha value is -2.68. The molecule has 2 aromatic carbocycles. The SMILES string of the molecule is CCCC(=O)N[C@H](Cc1ccc2ccccc2n1)c1ccccc1. The molecule has 3 heteroatoms. The number of nitrogens with zero attached hydrogens (tertiary/aromatic N) is 1. The van der Waals surface area contributed by atoms with Gasteiger partial charge in [0.2, 0.25) is 5.91 Å². The average Bonchev–Trinajstić information content (AvgIpc) is 2.62. The largest absolute Gasteiger partial charge is 0.349 e. The summed E-state index contributed by atoms with van der Waals surface area (Å²) in [7, 11) is 0. The zero-order chi connectivity index (χ0) is 16.8. The van der Waals surface area contributed by atoms with Crippen LogP contribution in [0.2, 0.25) is 0 Å². The van der Waals surface area contributed by atoms with Crippen LogP contribution in [0, 0.1) is 0 Å². The van der Waals surface area contributed by atoms with Crippen LogP contribution in [0.25, 0.3) is 10.9 Å². The predicted molar refractivity (Wildman–Crippen MR) is 97.7 cm³/mol. The third kappa shape index (κ3) is 3.99. The van der Waals surface area contributed by atoms with E-state index in [0.717, 1.165) is 28.6 Å². The van der Waals surface area contributed by atoms with Crippen molar-refractivity contribution >= 4 is 16.8 Å². The Bertz CT molecular complexity index is 814. The predicted octanol–water partition coefficient (Wildman–Crippen LogP) is 4.43. The van der Waals surface area contributed by atoms with Crippen LogP contribution in [0.3, 0.4) is 0 Å². The van der Waals surface area contributed by atoms with Gasteiger partial charge in [-0.25, -0.2) is 0 Å². The molecule has 1 amide bonds. The zero-order valence-corrected chi connectivity index (χ0v) is 13.9. The normalized spacial score (nSPS) is 12.0. The minimum absolute atomic E-state index is 0.0566. The lowest BCUT2D eigenvalue weighted by molar-refractivity contribution is -0.121. The number of fused-ring (bicyclic) bond motifs is 1. The van der Waals surface area contributed by atoms with Crippen molar-refractivity contribution in [1.29, 1.82) is 0 Å². The van der Waals surface area contributed by atoms with Gasteiger partial charge in [-0.1, -0.05) is 61.5 Å². The highest BCUT2D eigenvalue weighted by Gasteiger charge is 2.15. The molecule has 0 bridgehead atoms. The minimum Gasteiger partial charge on any atom is -0.349 e. The Morgan fingerprint density at radius 1 is 1.00 bits per heavy atom. The molecule has 1 atom stereocenters. The second-order valence-electron chi connectivity index (χ2n) is 5.98. The van der Waals surface area contributed by atoms with Gasteiger partial charge < -0.3 is 5.32 Å². The number of aromatic nitrogens is 1. The number of benzene rings is 2. The van der Waals surface area contributed by atoms with Gasteiger partial charge in [-0.15, -0.1) is 0 Å². The molecule has 3 rings (SSSR count). The molecular formula is C21H22N2O. The Morgan fingerprint density at radius 3 is 2.54 bits per heavy atom. The van der Waals surface area contributed by atoms with Crippen molar-refractivity contribution in [3.8, 4) is 0 Å². The van der Waals surface area contributed by atoms with E-state index in [9.17, 15) is 4.79 Å². The van der Waals surface area contributed by atoms with E-state index in [1.165, 1.54) is 0 Å². The summed E-state index contributed by atoms with van der Waals surface area (Å²) in [5, 5.41) is 4.28. The summed E-state index contributed by atoms with van der Waals surface area (Å²) in [5.74, 6) is 0.0899. The molecule has 0 aliphatic carbocycles. The quantitative estimate of drug-likeness (QED) is 0.730. The molecule has 1 N–H and O–H groups in total. The first kappa shape index (κ1) is 16.2. The fourth-order valence-corrected chi connectivity index (χ4v) is 2.86. The number of pyridine rings is 1. The first-order chi connectivity index (χ1) is 11.8. The van der Waals surface area contributed by atoms with Crippen molar-refractivity contribution in [1.82, 2.24) is 10.3 Å². The van der Waals surface area contributed by atoms with E-state index in [0.29, 0.717) is 12.8 Å². The maximum absolute atomic E-state index is 12.1. The van der Waals surface area contributed by atoms with Crippen LogP contribution < -0.4 is 5.32 Å². The van der Waals surface area contributed by atoms with E-state index >= 15 is 0 Å². The van der Waals surface area contributed by atoms with Crippen LogP contribution >= 0.6 is 0 Å². The van der Waals surface area contributed by atoms with Crippen molar-refractivity contribution < 1.29 is 4.79 Å². The molecule has 3 nitrogen and oxygen atoms in total. The molecule has 0 unspecified atom stereocenters. The second-order valence-corrected chi connectivity index (χ2v) is 5.98. The van der Waals surface area contributed by atoms with Gasteiger partial charge in [0.05, 0.1) is 11.6 Å². The first-order valence-corrected chi connectivity index (χ1v) is 8.45. The van der Waals surface area contributed by atoms with Crippen molar-refractivity contribution in [2.45, 2.75) is 32.2 Å². The number of hydrogen-bond acceptors (Lipinski definition) is 2. The zero-order valence-electron chi connectivity index (χ0n) is 13.9. The molecule has 1 aromatic heterocycles. The minimum atomic E-state index is -0.0566. The van der Waals surface area contributed by atoms with E-state index < -0.39 is 0 Å². The lowest BCUT2D eigenvalue weighted by Crippen LogP contribution is -2.29. The van der Waals surface area contributed by atoms with Gasteiger partial charge in [0.15, 0.2) is 0 Å². The molecular weight excluding hydrogens is 296 g/mol. The van der Waals surface area contributed by atoms with Crippen molar-refractivity contribution in [3.05, 3.63) is 78.0 Å². The number of amides is 1. The van der Waals surface area contributed by atoms with E-state index in [-0.39, 0.29) is 11.9 Å². The molecule has 0 spiro atoms. The number of carbonyl (C=O) groups is 1. The lowest BCUT2D eigenvalue weighted by atomic mass is 10.0. The second kappa shape index (κ2) is 7.73. The van der Waals surface area contributed by atoms with Crippen LogP contribution in [0.5, 0.6) is 0 Å². The summed E-state index contributed by atoms with van der Waals surface area (Å²) < 4.78 is 0. The number of nitrogens with one attached hydrogen (secondary N) is 1. The van der Waals surface area contributed by atoms with Crippen molar-refractivity contribution in [2.24, 2.45) is 0 Å². The van der Waals surface area contributed by atoms with Crippen molar-refractivity contribution in [2.75, 3.05) is 0 Å². The Balaban J connectivity index is 1.85. The Labute approximate surface area is 142 Å². The highest BCUT2D eigenvalue weighted by Crippen LogP contribution is 2.20. The fourth-order valence-electron chi connectivity index (χ4n) is 2.86. The lowest BCUT2D eigenvalue weighted by Gasteiger charge is -2.19. The molecule has 0 fully saturated rings. The van der Waals surface area contributed by atoms with Gasteiger partial charge in [-0.2, -0.15) is 0 Å².